The third-order valence-corrected chi connectivity index (χ3v) is 3.22. The van der Waals surface area contributed by atoms with Crippen molar-refractivity contribution < 1.29 is 5.11 Å². The predicted molar refractivity (Wildman–Crippen MR) is 51.0 cm³/mol. The van der Waals surface area contributed by atoms with Crippen LogP contribution < -0.4 is 5.32 Å². The van der Waals surface area contributed by atoms with Crippen LogP contribution in [0.15, 0.2) is 0 Å². The predicted octanol–water partition coefficient (Wildman–Crippen LogP) is 1.25. The van der Waals surface area contributed by atoms with Gasteiger partial charge in [-0.1, -0.05) is 20.8 Å². The van der Waals surface area contributed by atoms with Crippen molar-refractivity contribution in [3.63, 3.8) is 0 Å². The van der Waals surface area contributed by atoms with Crippen LogP contribution in [0.2, 0.25) is 0 Å². The maximum Gasteiger partial charge on any atom is 0.0595 e. The molecule has 2 N–H and O–H groups in total. The van der Waals surface area contributed by atoms with Gasteiger partial charge >= 0.3 is 0 Å². The summed E-state index contributed by atoms with van der Waals surface area (Å²) >= 11 is 0. The zero-order valence-electron chi connectivity index (χ0n) is 8.38. The van der Waals surface area contributed by atoms with Gasteiger partial charge in [0.1, 0.15) is 0 Å². The molecule has 0 radical (unpaired) electrons. The van der Waals surface area contributed by atoms with E-state index in [2.05, 4.69) is 26.1 Å². The second-order valence-electron chi connectivity index (χ2n) is 4.33. The highest BCUT2D eigenvalue weighted by molar-refractivity contribution is 4.82. The first-order chi connectivity index (χ1) is 5.63. The van der Waals surface area contributed by atoms with Crippen molar-refractivity contribution in [3.05, 3.63) is 0 Å². The maximum atomic E-state index is 9.75. The van der Waals surface area contributed by atoms with Gasteiger partial charge in [0.15, 0.2) is 0 Å². The molecule has 1 aliphatic rings. The van der Waals surface area contributed by atoms with E-state index < -0.39 is 0 Å². The first-order valence-corrected chi connectivity index (χ1v) is 5.01. The fourth-order valence-corrected chi connectivity index (χ4v) is 1.90. The molecule has 72 valence electrons. The molecule has 12 heavy (non-hydrogen) atoms. The van der Waals surface area contributed by atoms with Gasteiger partial charge in [-0.25, -0.2) is 0 Å². The summed E-state index contributed by atoms with van der Waals surface area (Å²) in [6, 6.07) is 0. The summed E-state index contributed by atoms with van der Waals surface area (Å²) < 4.78 is 0. The Hall–Kier alpha value is -0.0800. The van der Waals surface area contributed by atoms with Crippen molar-refractivity contribution in [2.75, 3.05) is 13.1 Å². The molecule has 3 unspecified atom stereocenters. The minimum Gasteiger partial charge on any atom is -0.393 e. The number of hydrogen-bond donors (Lipinski definition) is 2. The molecule has 0 bridgehead atoms. The second-order valence-corrected chi connectivity index (χ2v) is 4.33. The lowest BCUT2D eigenvalue weighted by Gasteiger charge is -2.34. The smallest absolute Gasteiger partial charge is 0.0595 e. The van der Waals surface area contributed by atoms with Crippen LogP contribution in [-0.4, -0.2) is 24.3 Å². The fraction of sp³-hybridized carbons (Fsp3) is 1.00. The van der Waals surface area contributed by atoms with Gasteiger partial charge in [0.25, 0.3) is 0 Å². The number of hydrogen-bond acceptors (Lipinski definition) is 2. The van der Waals surface area contributed by atoms with E-state index in [0.29, 0.717) is 17.8 Å². The Labute approximate surface area is 75.4 Å². The summed E-state index contributed by atoms with van der Waals surface area (Å²) in [4.78, 5) is 0. The van der Waals surface area contributed by atoms with Gasteiger partial charge in [0.2, 0.25) is 0 Å². The van der Waals surface area contributed by atoms with E-state index in [0.717, 1.165) is 19.5 Å². The minimum atomic E-state index is -0.0800. The third kappa shape index (κ3) is 2.20. The van der Waals surface area contributed by atoms with Gasteiger partial charge in [-0.05, 0) is 24.8 Å². The number of aliphatic hydroxyl groups excluding tert-OH is 1. The molecule has 1 aliphatic heterocycles. The van der Waals surface area contributed by atoms with E-state index in [1.807, 2.05) is 0 Å². The lowest BCUT2D eigenvalue weighted by Crippen LogP contribution is -2.44. The molecule has 0 aromatic heterocycles. The highest BCUT2D eigenvalue weighted by Gasteiger charge is 2.29. The summed E-state index contributed by atoms with van der Waals surface area (Å²) in [6.45, 7) is 8.66. The van der Waals surface area contributed by atoms with Crippen LogP contribution in [0.4, 0.5) is 0 Å². The lowest BCUT2D eigenvalue weighted by molar-refractivity contribution is 0.0382. The van der Waals surface area contributed by atoms with E-state index in [4.69, 9.17) is 0 Å². The van der Waals surface area contributed by atoms with Gasteiger partial charge in [-0.15, -0.1) is 0 Å². The summed E-state index contributed by atoms with van der Waals surface area (Å²) in [7, 11) is 0. The number of piperidine rings is 1. The normalized spacial score (nSPS) is 33.8. The molecule has 0 spiro atoms. The Kier molecular flexibility index (Phi) is 3.53. The van der Waals surface area contributed by atoms with Crippen LogP contribution in [0.1, 0.15) is 27.2 Å². The van der Waals surface area contributed by atoms with Crippen LogP contribution >= 0.6 is 0 Å². The van der Waals surface area contributed by atoms with E-state index in [-0.39, 0.29) is 6.10 Å². The van der Waals surface area contributed by atoms with Crippen molar-refractivity contribution >= 4 is 0 Å². The molecule has 1 rings (SSSR count). The molecule has 0 saturated carbocycles. The summed E-state index contributed by atoms with van der Waals surface area (Å²) in [5, 5.41) is 13.1. The zero-order valence-corrected chi connectivity index (χ0v) is 8.38. The molecular formula is C10H21NO. The molecule has 2 heteroatoms. The third-order valence-electron chi connectivity index (χ3n) is 3.22. The first-order valence-electron chi connectivity index (χ1n) is 5.01. The van der Waals surface area contributed by atoms with Crippen molar-refractivity contribution in [1.82, 2.24) is 5.32 Å². The Balaban J connectivity index is 2.47. The van der Waals surface area contributed by atoms with Gasteiger partial charge in [-0.3, -0.25) is 0 Å². The van der Waals surface area contributed by atoms with Gasteiger partial charge in [0, 0.05) is 12.5 Å². The molecule has 0 amide bonds. The second kappa shape index (κ2) is 4.24. The Morgan fingerprint density at radius 3 is 2.50 bits per heavy atom. The summed E-state index contributed by atoms with van der Waals surface area (Å²) in [5.74, 6) is 1.75. The fourth-order valence-electron chi connectivity index (χ4n) is 1.90. The summed E-state index contributed by atoms with van der Waals surface area (Å²) in [5.41, 5.74) is 0. The maximum absolute atomic E-state index is 9.75. The van der Waals surface area contributed by atoms with E-state index in [1.165, 1.54) is 0 Å². The van der Waals surface area contributed by atoms with E-state index >= 15 is 0 Å². The SMILES string of the molecule is CC(C)C(C)C1CNCCC1O. The van der Waals surface area contributed by atoms with Crippen LogP contribution in [0.5, 0.6) is 0 Å². The van der Waals surface area contributed by atoms with Gasteiger partial charge in [0.05, 0.1) is 6.10 Å². The largest absolute Gasteiger partial charge is 0.393 e. The number of aliphatic hydroxyl groups is 1. The molecule has 1 saturated heterocycles. The summed E-state index contributed by atoms with van der Waals surface area (Å²) in [6.07, 6.45) is 0.838. The van der Waals surface area contributed by atoms with Crippen LogP contribution in [0, 0.1) is 17.8 Å². The molecule has 2 nitrogen and oxygen atoms in total. The number of rotatable bonds is 2. The Morgan fingerprint density at radius 1 is 1.33 bits per heavy atom. The molecular weight excluding hydrogens is 150 g/mol. The topological polar surface area (TPSA) is 32.3 Å². The lowest BCUT2D eigenvalue weighted by atomic mass is 9.79. The van der Waals surface area contributed by atoms with Gasteiger partial charge in [-0.2, -0.15) is 0 Å². The van der Waals surface area contributed by atoms with Crippen LogP contribution in [-0.2, 0) is 0 Å². The minimum absolute atomic E-state index is 0.0800. The van der Waals surface area contributed by atoms with Crippen molar-refractivity contribution in [1.29, 1.82) is 0 Å². The molecule has 0 aromatic carbocycles. The highest BCUT2D eigenvalue weighted by Crippen LogP contribution is 2.26. The van der Waals surface area contributed by atoms with Crippen LogP contribution in [0.3, 0.4) is 0 Å². The van der Waals surface area contributed by atoms with E-state index in [9.17, 15) is 5.11 Å². The molecule has 0 aliphatic carbocycles. The van der Waals surface area contributed by atoms with Crippen molar-refractivity contribution in [2.45, 2.75) is 33.3 Å². The molecule has 0 aromatic rings. The molecule has 1 heterocycles. The highest BCUT2D eigenvalue weighted by atomic mass is 16.3. The zero-order chi connectivity index (χ0) is 9.14. The quantitative estimate of drug-likeness (QED) is 0.655. The first kappa shape index (κ1) is 10.0. The monoisotopic (exact) mass is 171 g/mol. The Bertz CT molecular complexity index is 136. The molecule has 3 atom stereocenters. The van der Waals surface area contributed by atoms with Crippen molar-refractivity contribution in [2.24, 2.45) is 17.8 Å². The standard InChI is InChI=1S/C10H21NO/c1-7(2)8(3)9-6-11-5-4-10(9)12/h7-12H,4-6H2,1-3H3. The Morgan fingerprint density at radius 2 is 2.00 bits per heavy atom. The average Bonchev–Trinajstić information content (AvgIpc) is 2.04. The van der Waals surface area contributed by atoms with Crippen molar-refractivity contribution in [3.8, 4) is 0 Å². The van der Waals surface area contributed by atoms with Crippen LogP contribution in [0.25, 0.3) is 0 Å². The van der Waals surface area contributed by atoms with E-state index in [1.54, 1.807) is 0 Å². The van der Waals surface area contributed by atoms with Gasteiger partial charge < -0.3 is 10.4 Å². The number of nitrogens with one attached hydrogen (secondary N) is 1. The average molecular weight is 171 g/mol. The molecule has 1 fully saturated rings.